The van der Waals surface area contributed by atoms with Gasteiger partial charge in [-0.05, 0) is 75.7 Å². The van der Waals surface area contributed by atoms with Crippen LogP contribution >= 0.6 is 0 Å². The van der Waals surface area contributed by atoms with Gasteiger partial charge in [-0.3, -0.25) is 14.1 Å². The number of aromatic nitrogens is 4. The lowest BCUT2D eigenvalue weighted by atomic mass is 9.63. The summed E-state index contributed by atoms with van der Waals surface area (Å²) in [7, 11) is 1.80. The highest BCUT2D eigenvalue weighted by molar-refractivity contribution is 6.09. The first-order chi connectivity index (χ1) is 18.5. The molecule has 3 aliphatic rings. The molecule has 7 rings (SSSR count). The molecule has 198 valence electrons. The minimum atomic E-state index is -0.0878. The van der Waals surface area contributed by atoms with Gasteiger partial charge in [0.1, 0.15) is 12.4 Å². The quantitative estimate of drug-likeness (QED) is 0.340. The van der Waals surface area contributed by atoms with E-state index in [2.05, 4.69) is 14.9 Å². The Morgan fingerprint density at radius 2 is 1.92 bits per heavy atom. The standard InChI is InChI=1S/C30H35N5O3/c1-20-19-38-28-22(6-7-23-26(28)27-24(18-31-23)33(2)29(36)35(20)27)21-5-8-25(32-17-21)37-16-4-13-34-14-11-30(12-15-34)9-3-10-30/h5-8,17-18,20H,3-4,9-16,19H2,1-2H3/t20-/m0/s1. The lowest BCUT2D eigenvalue weighted by Crippen LogP contribution is -2.43. The monoisotopic (exact) mass is 513 g/mol. The lowest BCUT2D eigenvalue weighted by Gasteiger charge is -2.48. The molecule has 38 heavy (non-hydrogen) atoms. The maximum atomic E-state index is 13.0. The Morgan fingerprint density at radius 3 is 2.66 bits per heavy atom. The first-order valence-corrected chi connectivity index (χ1v) is 14.0. The van der Waals surface area contributed by atoms with Crippen LogP contribution in [0.5, 0.6) is 11.6 Å². The van der Waals surface area contributed by atoms with E-state index in [1.807, 2.05) is 42.0 Å². The summed E-state index contributed by atoms with van der Waals surface area (Å²) in [5.41, 5.74) is 5.06. The molecule has 5 heterocycles. The van der Waals surface area contributed by atoms with Gasteiger partial charge in [-0.2, -0.15) is 0 Å². The summed E-state index contributed by atoms with van der Waals surface area (Å²) in [6, 6.07) is 7.90. The largest absolute Gasteiger partial charge is 0.490 e. The van der Waals surface area contributed by atoms with Crippen LogP contribution in [0.3, 0.4) is 0 Å². The minimum absolute atomic E-state index is 0.0469. The van der Waals surface area contributed by atoms with E-state index in [9.17, 15) is 4.79 Å². The molecule has 4 aromatic rings. The molecule has 1 saturated carbocycles. The van der Waals surface area contributed by atoms with Crippen molar-refractivity contribution in [2.75, 3.05) is 32.8 Å². The third kappa shape index (κ3) is 3.80. The molecule has 1 spiro atoms. The third-order valence-electron chi connectivity index (χ3n) is 9.19. The van der Waals surface area contributed by atoms with E-state index >= 15 is 0 Å². The first-order valence-electron chi connectivity index (χ1n) is 14.0. The van der Waals surface area contributed by atoms with E-state index in [-0.39, 0.29) is 11.7 Å². The molecule has 0 radical (unpaired) electrons. The van der Waals surface area contributed by atoms with E-state index in [0.29, 0.717) is 24.5 Å². The Kier molecular flexibility index (Phi) is 5.69. The second-order valence-electron chi connectivity index (χ2n) is 11.5. The molecule has 0 unspecified atom stereocenters. The van der Waals surface area contributed by atoms with Gasteiger partial charge in [0, 0.05) is 37.0 Å². The lowest BCUT2D eigenvalue weighted by molar-refractivity contribution is 0.0318. The summed E-state index contributed by atoms with van der Waals surface area (Å²) in [4.78, 5) is 24.8. The van der Waals surface area contributed by atoms with Crippen LogP contribution in [0.25, 0.3) is 33.1 Å². The Balaban J connectivity index is 1.08. The van der Waals surface area contributed by atoms with Crippen molar-refractivity contribution in [2.45, 2.75) is 51.5 Å². The fraction of sp³-hybridized carbons (Fsp3) is 0.500. The molecule has 8 heteroatoms. The van der Waals surface area contributed by atoms with Gasteiger partial charge >= 0.3 is 5.69 Å². The van der Waals surface area contributed by atoms with E-state index in [0.717, 1.165) is 51.8 Å². The number of benzene rings is 1. The highest BCUT2D eigenvalue weighted by Gasteiger charge is 2.39. The molecular formula is C30H35N5O3. The molecular weight excluding hydrogens is 478 g/mol. The van der Waals surface area contributed by atoms with Crippen LogP contribution in [0.4, 0.5) is 0 Å². The SMILES string of the molecule is C[C@H]1COc2c(-c3ccc(OCCCN4CCC5(CCC5)CC4)nc3)ccc3ncc4c(c23)n1c(=O)n4C. The van der Waals surface area contributed by atoms with Crippen LogP contribution in [0.1, 0.15) is 51.5 Å². The van der Waals surface area contributed by atoms with Crippen LogP contribution in [-0.4, -0.2) is 56.9 Å². The fourth-order valence-corrected chi connectivity index (χ4v) is 6.66. The van der Waals surface area contributed by atoms with Crippen molar-refractivity contribution in [1.29, 1.82) is 0 Å². The predicted molar refractivity (Wildman–Crippen MR) is 148 cm³/mol. The Hall–Kier alpha value is -3.39. The number of piperidine rings is 1. The molecule has 2 aliphatic heterocycles. The van der Waals surface area contributed by atoms with Gasteiger partial charge < -0.3 is 14.4 Å². The second-order valence-corrected chi connectivity index (χ2v) is 11.5. The summed E-state index contributed by atoms with van der Waals surface area (Å²) < 4.78 is 15.8. The Labute approximate surface area is 222 Å². The highest BCUT2D eigenvalue weighted by atomic mass is 16.5. The number of hydrogen-bond acceptors (Lipinski definition) is 6. The smallest absolute Gasteiger partial charge is 0.329 e. The molecule has 1 aliphatic carbocycles. The van der Waals surface area contributed by atoms with Crippen molar-refractivity contribution in [3.63, 3.8) is 0 Å². The van der Waals surface area contributed by atoms with Gasteiger partial charge in [-0.25, -0.2) is 9.78 Å². The van der Waals surface area contributed by atoms with Crippen LogP contribution in [0.2, 0.25) is 0 Å². The predicted octanol–water partition coefficient (Wildman–Crippen LogP) is 4.94. The third-order valence-corrected chi connectivity index (χ3v) is 9.19. The number of imidazole rings is 1. The Morgan fingerprint density at radius 1 is 1.08 bits per heavy atom. The summed E-state index contributed by atoms with van der Waals surface area (Å²) in [5.74, 6) is 1.40. The van der Waals surface area contributed by atoms with Crippen molar-refractivity contribution < 1.29 is 9.47 Å². The molecule has 3 aromatic heterocycles. The fourth-order valence-electron chi connectivity index (χ4n) is 6.66. The maximum absolute atomic E-state index is 13.0. The summed E-state index contributed by atoms with van der Waals surface area (Å²) in [5, 5.41) is 0.878. The highest BCUT2D eigenvalue weighted by Crippen LogP contribution is 2.48. The van der Waals surface area contributed by atoms with Gasteiger partial charge in [-0.1, -0.05) is 6.42 Å². The van der Waals surface area contributed by atoms with E-state index in [1.165, 1.54) is 45.2 Å². The van der Waals surface area contributed by atoms with Gasteiger partial charge in [0.2, 0.25) is 5.88 Å². The normalized spacial score (nSPS) is 20.5. The van der Waals surface area contributed by atoms with Crippen LogP contribution < -0.4 is 15.2 Å². The first kappa shape index (κ1) is 23.7. The number of pyridine rings is 2. The molecule has 1 aromatic carbocycles. The molecule has 0 amide bonds. The second kappa shape index (κ2) is 9.12. The number of likely N-dealkylation sites (tertiary alicyclic amines) is 1. The van der Waals surface area contributed by atoms with Gasteiger partial charge in [0.05, 0.1) is 40.8 Å². The number of nitrogens with zero attached hydrogens (tertiary/aromatic N) is 5. The zero-order chi connectivity index (χ0) is 25.9. The Bertz CT molecular complexity index is 1560. The van der Waals surface area contributed by atoms with Gasteiger partial charge in [0.15, 0.2) is 0 Å². The number of ether oxygens (including phenoxy) is 2. The number of aryl methyl sites for hydroxylation is 1. The molecule has 8 nitrogen and oxygen atoms in total. The number of rotatable bonds is 6. The minimum Gasteiger partial charge on any atom is -0.490 e. The van der Waals surface area contributed by atoms with Gasteiger partial charge in [0.25, 0.3) is 0 Å². The molecule has 1 saturated heterocycles. The van der Waals surface area contributed by atoms with Crippen molar-refractivity contribution >= 4 is 21.9 Å². The molecule has 2 fully saturated rings. The zero-order valence-electron chi connectivity index (χ0n) is 22.3. The van der Waals surface area contributed by atoms with Crippen molar-refractivity contribution in [3.8, 4) is 22.8 Å². The average Bonchev–Trinajstić information content (AvgIpc) is 3.08. The van der Waals surface area contributed by atoms with E-state index in [4.69, 9.17) is 9.47 Å². The van der Waals surface area contributed by atoms with E-state index < -0.39 is 0 Å². The summed E-state index contributed by atoms with van der Waals surface area (Å²) in [6.07, 6.45) is 11.7. The van der Waals surface area contributed by atoms with Crippen molar-refractivity contribution in [1.82, 2.24) is 24.0 Å². The maximum Gasteiger partial charge on any atom is 0.329 e. The van der Waals surface area contributed by atoms with Crippen molar-refractivity contribution in [2.24, 2.45) is 12.5 Å². The zero-order valence-corrected chi connectivity index (χ0v) is 22.3. The topological polar surface area (TPSA) is 74.4 Å². The van der Waals surface area contributed by atoms with E-state index in [1.54, 1.807) is 17.8 Å². The van der Waals surface area contributed by atoms with Gasteiger partial charge in [-0.15, -0.1) is 0 Å². The molecule has 0 N–H and O–H groups in total. The number of hydrogen-bond donors (Lipinski definition) is 0. The average molecular weight is 514 g/mol. The van der Waals surface area contributed by atoms with Crippen LogP contribution in [0.15, 0.2) is 41.5 Å². The van der Waals surface area contributed by atoms with Crippen LogP contribution in [0, 0.1) is 5.41 Å². The van der Waals surface area contributed by atoms with Crippen molar-refractivity contribution in [3.05, 3.63) is 47.1 Å². The molecule has 1 atom stereocenters. The molecule has 0 bridgehead atoms. The van der Waals surface area contributed by atoms with Crippen LogP contribution in [-0.2, 0) is 7.05 Å². The summed E-state index contributed by atoms with van der Waals surface area (Å²) >= 11 is 0. The summed E-state index contributed by atoms with van der Waals surface area (Å²) in [6.45, 7) is 6.67.